The number of carbonyl (C=O) groups is 3. The summed E-state index contributed by atoms with van der Waals surface area (Å²) in [5.41, 5.74) is 1.79. The molecular formula is C21H21F2N3O4. The maximum atomic E-state index is 13.4. The number of imide groups is 1. The first-order chi connectivity index (χ1) is 14.4. The van der Waals surface area contributed by atoms with Gasteiger partial charge in [-0.05, 0) is 48.2 Å². The maximum absolute atomic E-state index is 13.4. The topological polar surface area (TPSA) is 87.7 Å². The van der Waals surface area contributed by atoms with Gasteiger partial charge in [0.05, 0.1) is 7.11 Å². The van der Waals surface area contributed by atoms with Crippen LogP contribution in [-0.2, 0) is 17.8 Å². The van der Waals surface area contributed by atoms with Gasteiger partial charge in [0.25, 0.3) is 5.91 Å². The van der Waals surface area contributed by atoms with E-state index in [1.165, 1.54) is 19.2 Å². The summed E-state index contributed by atoms with van der Waals surface area (Å²) in [6, 6.07) is 7.19. The molecule has 4 amide bonds. The summed E-state index contributed by atoms with van der Waals surface area (Å²) in [5, 5.41) is 4.62. The fraction of sp³-hybridized carbons (Fsp3) is 0.286. The van der Waals surface area contributed by atoms with Gasteiger partial charge in [-0.25, -0.2) is 13.6 Å². The van der Waals surface area contributed by atoms with E-state index in [4.69, 9.17) is 4.74 Å². The average molecular weight is 417 g/mol. The summed E-state index contributed by atoms with van der Waals surface area (Å²) < 4.78 is 32.0. The summed E-state index contributed by atoms with van der Waals surface area (Å²) in [4.78, 5) is 36.7. The highest BCUT2D eigenvalue weighted by atomic mass is 19.1. The van der Waals surface area contributed by atoms with Crippen molar-refractivity contribution in [3.63, 3.8) is 0 Å². The second-order valence-electron chi connectivity index (χ2n) is 6.96. The summed E-state index contributed by atoms with van der Waals surface area (Å²) in [5.74, 6) is -1.01. The monoisotopic (exact) mass is 417 g/mol. The minimum atomic E-state index is -0.716. The predicted molar refractivity (Wildman–Crippen MR) is 104 cm³/mol. The minimum absolute atomic E-state index is 0.167. The lowest BCUT2D eigenvalue weighted by Crippen LogP contribution is -2.47. The lowest BCUT2D eigenvalue weighted by molar-refractivity contribution is -0.108. The molecule has 1 atom stereocenters. The largest absolute Gasteiger partial charge is 0.497 e. The fourth-order valence-electron chi connectivity index (χ4n) is 3.47. The molecule has 0 saturated heterocycles. The number of methoxy groups -OCH3 is 1. The first-order valence-corrected chi connectivity index (χ1v) is 9.31. The quantitative estimate of drug-likeness (QED) is 0.646. The van der Waals surface area contributed by atoms with E-state index in [0.717, 1.165) is 11.6 Å². The van der Waals surface area contributed by atoms with Gasteiger partial charge in [-0.1, -0.05) is 6.07 Å². The first kappa shape index (κ1) is 21.2. The van der Waals surface area contributed by atoms with Gasteiger partial charge < -0.3 is 15.0 Å². The van der Waals surface area contributed by atoms with Crippen molar-refractivity contribution in [2.75, 3.05) is 13.7 Å². The van der Waals surface area contributed by atoms with Gasteiger partial charge in [0.2, 0.25) is 6.41 Å². The Kier molecular flexibility index (Phi) is 6.61. The van der Waals surface area contributed by atoms with Crippen molar-refractivity contribution in [3.05, 3.63) is 64.7 Å². The van der Waals surface area contributed by atoms with Crippen molar-refractivity contribution in [3.8, 4) is 5.75 Å². The van der Waals surface area contributed by atoms with E-state index in [2.05, 4.69) is 5.32 Å². The predicted octanol–water partition coefficient (Wildman–Crippen LogP) is 2.39. The zero-order chi connectivity index (χ0) is 21.7. The lowest BCUT2D eigenvalue weighted by Gasteiger charge is -2.24. The lowest BCUT2D eigenvalue weighted by atomic mass is 10.0. The SMILES string of the molecule is COc1ccc2c(c1)C(=O)N(C[C@@H](CCc1cc(F)cc(F)c1)NC(=O)NC=O)C2. The van der Waals surface area contributed by atoms with Crippen LogP contribution in [0.25, 0.3) is 0 Å². The molecule has 158 valence electrons. The zero-order valence-electron chi connectivity index (χ0n) is 16.3. The number of ether oxygens (including phenoxy) is 1. The van der Waals surface area contributed by atoms with Crippen molar-refractivity contribution >= 4 is 18.3 Å². The number of urea groups is 1. The molecule has 1 aliphatic heterocycles. The van der Waals surface area contributed by atoms with Crippen molar-refractivity contribution in [1.82, 2.24) is 15.5 Å². The fourth-order valence-corrected chi connectivity index (χ4v) is 3.47. The number of hydrogen-bond acceptors (Lipinski definition) is 4. The molecule has 2 aromatic carbocycles. The Morgan fingerprint density at radius 2 is 1.97 bits per heavy atom. The maximum Gasteiger partial charge on any atom is 0.321 e. The molecule has 0 aliphatic carbocycles. The molecule has 0 saturated carbocycles. The molecule has 7 nitrogen and oxygen atoms in total. The molecule has 0 radical (unpaired) electrons. The number of nitrogens with zero attached hydrogens (tertiary/aromatic N) is 1. The van der Waals surface area contributed by atoms with E-state index in [1.807, 2.05) is 11.4 Å². The van der Waals surface area contributed by atoms with E-state index in [1.54, 1.807) is 17.0 Å². The van der Waals surface area contributed by atoms with Crippen molar-refractivity contribution in [1.29, 1.82) is 0 Å². The van der Waals surface area contributed by atoms with Gasteiger partial charge >= 0.3 is 6.03 Å². The third kappa shape index (κ3) is 5.11. The Hall–Kier alpha value is -3.49. The molecule has 3 rings (SSSR count). The van der Waals surface area contributed by atoms with Crippen LogP contribution in [0.15, 0.2) is 36.4 Å². The third-order valence-electron chi connectivity index (χ3n) is 4.87. The van der Waals surface area contributed by atoms with Crippen LogP contribution in [0.3, 0.4) is 0 Å². The summed E-state index contributed by atoms with van der Waals surface area (Å²) in [6.07, 6.45) is 0.819. The molecule has 30 heavy (non-hydrogen) atoms. The van der Waals surface area contributed by atoms with Crippen molar-refractivity contribution < 1.29 is 27.9 Å². The van der Waals surface area contributed by atoms with Crippen LogP contribution in [0.4, 0.5) is 13.6 Å². The number of rotatable bonds is 8. The molecule has 0 spiro atoms. The summed E-state index contributed by atoms with van der Waals surface area (Å²) >= 11 is 0. The summed E-state index contributed by atoms with van der Waals surface area (Å²) in [6.45, 7) is 0.528. The number of carbonyl (C=O) groups excluding carboxylic acids is 3. The van der Waals surface area contributed by atoms with Crippen molar-refractivity contribution in [2.24, 2.45) is 0 Å². The van der Waals surface area contributed by atoms with Gasteiger partial charge in [0.1, 0.15) is 17.4 Å². The Morgan fingerprint density at radius 1 is 1.23 bits per heavy atom. The molecule has 1 aliphatic rings. The molecular weight excluding hydrogens is 396 g/mol. The van der Waals surface area contributed by atoms with Crippen LogP contribution < -0.4 is 15.4 Å². The number of amides is 4. The molecule has 0 fully saturated rings. The Bertz CT molecular complexity index is 947. The normalized spacial score (nSPS) is 13.6. The minimum Gasteiger partial charge on any atom is -0.497 e. The highest BCUT2D eigenvalue weighted by Gasteiger charge is 2.30. The van der Waals surface area contributed by atoms with Gasteiger partial charge in [-0.2, -0.15) is 0 Å². The van der Waals surface area contributed by atoms with E-state index in [-0.39, 0.29) is 25.3 Å². The van der Waals surface area contributed by atoms with Gasteiger partial charge in [0.15, 0.2) is 0 Å². The molecule has 0 unspecified atom stereocenters. The van der Waals surface area contributed by atoms with Gasteiger partial charge in [-0.3, -0.25) is 14.9 Å². The van der Waals surface area contributed by atoms with Crippen LogP contribution in [0.5, 0.6) is 5.75 Å². The number of halogens is 2. The van der Waals surface area contributed by atoms with E-state index >= 15 is 0 Å². The van der Waals surface area contributed by atoms with Gasteiger partial charge in [-0.15, -0.1) is 0 Å². The van der Waals surface area contributed by atoms with Crippen LogP contribution in [-0.4, -0.2) is 42.9 Å². The zero-order valence-corrected chi connectivity index (χ0v) is 16.3. The third-order valence-corrected chi connectivity index (χ3v) is 4.87. The number of fused-ring (bicyclic) bond motifs is 1. The number of benzene rings is 2. The number of hydrogen-bond donors (Lipinski definition) is 2. The second-order valence-corrected chi connectivity index (χ2v) is 6.96. The summed E-state index contributed by atoms with van der Waals surface area (Å²) in [7, 11) is 1.51. The Labute approximate surface area is 172 Å². The standard InChI is InChI=1S/C21H21F2N3O4/c1-30-18-5-3-14-10-26(20(28)19(14)9-18)11-17(25-21(29)24-12-27)4-2-13-6-15(22)8-16(23)7-13/h3,5-9,12,17H,2,4,10-11H2,1H3,(H2,24,25,27,29)/t17-/m1/s1. The van der Waals surface area contributed by atoms with Crippen molar-refractivity contribution in [2.45, 2.75) is 25.4 Å². The highest BCUT2D eigenvalue weighted by Crippen LogP contribution is 2.27. The number of aryl methyl sites for hydroxylation is 1. The molecule has 9 heteroatoms. The number of nitrogens with one attached hydrogen (secondary N) is 2. The molecule has 2 N–H and O–H groups in total. The van der Waals surface area contributed by atoms with Gasteiger partial charge in [0, 0.05) is 30.8 Å². The first-order valence-electron chi connectivity index (χ1n) is 9.31. The van der Waals surface area contributed by atoms with E-state index in [9.17, 15) is 23.2 Å². The molecule has 0 bridgehead atoms. The van der Waals surface area contributed by atoms with Crippen LogP contribution in [0.1, 0.15) is 27.9 Å². The Morgan fingerprint density at radius 3 is 2.63 bits per heavy atom. The molecule has 2 aromatic rings. The smallest absolute Gasteiger partial charge is 0.321 e. The highest BCUT2D eigenvalue weighted by molar-refractivity contribution is 5.98. The molecule has 0 aromatic heterocycles. The van der Waals surface area contributed by atoms with E-state index < -0.39 is 23.7 Å². The molecule has 1 heterocycles. The van der Waals surface area contributed by atoms with Crippen LogP contribution >= 0.6 is 0 Å². The van der Waals surface area contributed by atoms with Crippen LogP contribution in [0, 0.1) is 11.6 Å². The van der Waals surface area contributed by atoms with Crippen LogP contribution in [0.2, 0.25) is 0 Å². The van der Waals surface area contributed by atoms with E-state index in [0.29, 0.717) is 29.8 Å². The average Bonchev–Trinajstić information content (AvgIpc) is 3.00. The Balaban J connectivity index is 1.71. The second kappa shape index (κ2) is 9.34.